The summed E-state index contributed by atoms with van der Waals surface area (Å²) in [6.45, 7) is 5.94. The van der Waals surface area contributed by atoms with Crippen LogP contribution in [0.4, 0.5) is 0 Å². The molecule has 0 aromatic carbocycles. The van der Waals surface area contributed by atoms with Gasteiger partial charge in [-0.2, -0.15) is 0 Å². The number of hydrogen-bond donors (Lipinski definition) is 1. The van der Waals surface area contributed by atoms with E-state index in [1.54, 1.807) is 0 Å². The Hall–Kier alpha value is -0.410. The van der Waals surface area contributed by atoms with Gasteiger partial charge in [0.15, 0.2) is 5.84 Å². The maximum absolute atomic E-state index is 9.01. The molecule has 0 radical (unpaired) electrons. The molecule has 1 rings (SSSR count). The summed E-state index contributed by atoms with van der Waals surface area (Å²) in [5, 5.41) is 9.01. The summed E-state index contributed by atoms with van der Waals surface area (Å²) in [7, 11) is 2.34. The zero-order valence-electron chi connectivity index (χ0n) is 20.1. The average Bonchev–Trinajstić information content (AvgIpc) is 3.08. The maximum atomic E-state index is 9.01. The lowest BCUT2D eigenvalue weighted by Crippen LogP contribution is -2.47. The number of aliphatic imine (C=N–C) groups is 1. The van der Waals surface area contributed by atoms with E-state index in [9.17, 15) is 0 Å². The van der Waals surface area contributed by atoms with E-state index in [1.165, 1.54) is 122 Å². The van der Waals surface area contributed by atoms with Gasteiger partial charge in [0.1, 0.15) is 6.54 Å². The first-order valence-electron chi connectivity index (χ1n) is 13.2. The van der Waals surface area contributed by atoms with Crippen molar-refractivity contribution in [3.8, 4) is 0 Å². The Morgan fingerprint density at radius 3 is 1.66 bits per heavy atom. The van der Waals surface area contributed by atoms with E-state index >= 15 is 0 Å². The molecule has 0 amide bonds. The summed E-state index contributed by atoms with van der Waals surface area (Å²) >= 11 is 0. The second-order valence-electron chi connectivity index (χ2n) is 9.63. The predicted octanol–water partition coefficient (Wildman–Crippen LogP) is 7.27. The number of aliphatic hydroxyl groups is 1. The average molecular weight is 410 g/mol. The van der Waals surface area contributed by atoms with Crippen molar-refractivity contribution < 1.29 is 9.59 Å². The van der Waals surface area contributed by atoms with E-state index < -0.39 is 0 Å². The summed E-state index contributed by atoms with van der Waals surface area (Å²) in [6.07, 6.45) is 26.1. The van der Waals surface area contributed by atoms with Crippen LogP contribution in [0.2, 0.25) is 0 Å². The highest BCUT2D eigenvalue weighted by atomic mass is 16.2. The predicted molar refractivity (Wildman–Crippen MR) is 129 cm³/mol. The van der Waals surface area contributed by atoms with Gasteiger partial charge >= 0.3 is 0 Å². The van der Waals surface area contributed by atoms with Gasteiger partial charge in [-0.15, -0.1) is 0 Å². The van der Waals surface area contributed by atoms with Crippen molar-refractivity contribution in [3.63, 3.8) is 0 Å². The van der Waals surface area contributed by atoms with Crippen LogP contribution in [0.3, 0.4) is 0 Å². The molecule has 0 bridgehead atoms. The molecule has 0 aromatic heterocycles. The number of unbranched alkanes of at least 4 members (excludes halogenated alkanes) is 16. The standard InChI is InChI=1S/C26H53N2O/c1-3-4-5-6-7-8-9-10-11-12-13-14-15-16-17-18-21-26-27-22-24-28(26,2)23-19-20-25-29/h29H,3-25H2,1-2H3/q+1. The van der Waals surface area contributed by atoms with Gasteiger partial charge in [-0.3, -0.25) is 4.48 Å². The van der Waals surface area contributed by atoms with Gasteiger partial charge in [0, 0.05) is 13.0 Å². The molecule has 1 aliphatic rings. The summed E-state index contributed by atoms with van der Waals surface area (Å²) in [5.74, 6) is 1.42. The van der Waals surface area contributed by atoms with Crippen molar-refractivity contribution in [2.75, 3.05) is 33.3 Å². The summed E-state index contributed by atoms with van der Waals surface area (Å²) in [5.41, 5.74) is 0. The fourth-order valence-electron chi connectivity index (χ4n) is 4.69. The molecule has 0 saturated carbocycles. The van der Waals surface area contributed by atoms with E-state index in [4.69, 9.17) is 10.1 Å². The minimum atomic E-state index is 0.325. The van der Waals surface area contributed by atoms with Gasteiger partial charge < -0.3 is 5.11 Å². The minimum absolute atomic E-state index is 0.325. The van der Waals surface area contributed by atoms with Gasteiger partial charge in [0.25, 0.3) is 0 Å². The highest BCUT2D eigenvalue weighted by molar-refractivity contribution is 5.76. The van der Waals surface area contributed by atoms with E-state index in [2.05, 4.69) is 14.0 Å². The fraction of sp³-hybridized carbons (Fsp3) is 0.962. The van der Waals surface area contributed by atoms with Crippen LogP contribution >= 0.6 is 0 Å². The molecule has 0 spiro atoms. The number of amidine groups is 1. The topological polar surface area (TPSA) is 32.6 Å². The summed E-state index contributed by atoms with van der Waals surface area (Å²) in [6, 6.07) is 0. The van der Waals surface area contributed by atoms with Crippen LogP contribution in [-0.2, 0) is 0 Å². The smallest absolute Gasteiger partial charge is 0.198 e. The molecule has 0 saturated heterocycles. The Kier molecular flexibility index (Phi) is 16.9. The third-order valence-electron chi connectivity index (χ3n) is 6.82. The van der Waals surface area contributed by atoms with Gasteiger partial charge in [0.05, 0.1) is 20.1 Å². The Morgan fingerprint density at radius 1 is 0.690 bits per heavy atom. The third kappa shape index (κ3) is 13.5. The zero-order chi connectivity index (χ0) is 21.0. The van der Waals surface area contributed by atoms with Crippen molar-refractivity contribution in [1.29, 1.82) is 0 Å². The zero-order valence-corrected chi connectivity index (χ0v) is 20.1. The van der Waals surface area contributed by atoms with Gasteiger partial charge in [-0.05, 0) is 19.3 Å². The summed E-state index contributed by atoms with van der Waals surface area (Å²) < 4.78 is 1.04. The lowest BCUT2D eigenvalue weighted by molar-refractivity contribution is -0.815. The number of nitrogens with zero attached hydrogens (tertiary/aromatic N) is 2. The van der Waals surface area contributed by atoms with Crippen molar-refractivity contribution in [1.82, 2.24) is 0 Å². The van der Waals surface area contributed by atoms with Crippen molar-refractivity contribution in [2.45, 2.75) is 129 Å². The molecule has 172 valence electrons. The van der Waals surface area contributed by atoms with Crippen molar-refractivity contribution in [3.05, 3.63) is 0 Å². The number of aliphatic hydroxyl groups excluding tert-OH is 1. The molecular weight excluding hydrogens is 356 g/mol. The van der Waals surface area contributed by atoms with Crippen LogP contribution in [0, 0.1) is 0 Å². The molecule has 3 heteroatoms. The molecule has 1 unspecified atom stereocenters. The lowest BCUT2D eigenvalue weighted by atomic mass is 10.0. The van der Waals surface area contributed by atoms with Gasteiger partial charge in [-0.25, -0.2) is 4.99 Å². The molecule has 0 aliphatic carbocycles. The van der Waals surface area contributed by atoms with Crippen LogP contribution in [0.5, 0.6) is 0 Å². The molecule has 1 atom stereocenters. The Bertz CT molecular complexity index is 396. The molecule has 29 heavy (non-hydrogen) atoms. The monoisotopic (exact) mass is 409 g/mol. The van der Waals surface area contributed by atoms with Crippen molar-refractivity contribution >= 4 is 5.84 Å². The number of hydrogen-bond acceptors (Lipinski definition) is 2. The Labute approximate surface area is 183 Å². The normalized spacial score (nSPS) is 19.1. The van der Waals surface area contributed by atoms with E-state index in [0.29, 0.717) is 6.61 Å². The summed E-state index contributed by atoms with van der Waals surface area (Å²) in [4.78, 5) is 4.80. The van der Waals surface area contributed by atoms with E-state index in [0.717, 1.165) is 30.4 Å². The quantitative estimate of drug-likeness (QED) is 0.157. The first-order valence-corrected chi connectivity index (χ1v) is 13.2. The highest BCUT2D eigenvalue weighted by Crippen LogP contribution is 2.19. The molecule has 1 heterocycles. The molecule has 0 aromatic rings. The van der Waals surface area contributed by atoms with Crippen LogP contribution in [-0.4, -0.2) is 48.7 Å². The van der Waals surface area contributed by atoms with Crippen LogP contribution in [0.1, 0.15) is 129 Å². The van der Waals surface area contributed by atoms with E-state index in [-0.39, 0.29) is 0 Å². The molecule has 3 nitrogen and oxygen atoms in total. The van der Waals surface area contributed by atoms with E-state index in [1.807, 2.05) is 0 Å². The first-order chi connectivity index (χ1) is 14.2. The Morgan fingerprint density at radius 2 is 1.17 bits per heavy atom. The number of quaternary nitrogens is 1. The number of likely N-dealkylation sites (N-methyl/N-ethyl adjacent to an activating group) is 1. The van der Waals surface area contributed by atoms with Gasteiger partial charge in [-0.1, -0.05) is 103 Å². The number of rotatable bonds is 21. The second-order valence-corrected chi connectivity index (χ2v) is 9.63. The minimum Gasteiger partial charge on any atom is -0.396 e. The highest BCUT2D eigenvalue weighted by Gasteiger charge is 2.32. The molecule has 1 N–H and O–H groups in total. The molecule has 0 fully saturated rings. The lowest BCUT2D eigenvalue weighted by Gasteiger charge is -2.30. The third-order valence-corrected chi connectivity index (χ3v) is 6.82. The second kappa shape index (κ2) is 18.4. The first kappa shape index (κ1) is 26.6. The maximum Gasteiger partial charge on any atom is 0.198 e. The van der Waals surface area contributed by atoms with Crippen LogP contribution in [0.25, 0.3) is 0 Å². The molecule has 1 aliphatic heterocycles. The SMILES string of the molecule is CCCCCCCCCCCCCCCCCCC1=NCC[N+]1(C)CCCCO. The van der Waals surface area contributed by atoms with Gasteiger partial charge in [0.2, 0.25) is 0 Å². The molecular formula is C26H53N2O+. The van der Waals surface area contributed by atoms with Crippen LogP contribution in [0.15, 0.2) is 4.99 Å². The van der Waals surface area contributed by atoms with Crippen molar-refractivity contribution in [2.24, 2.45) is 4.99 Å². The van der Waals surface area contributed by atoms with Crippen LogP contribution < -0.4 is 0 Å². The largest absolute Gasteiger partial charge is 0.396 e. The fourth-order valence-corrected chi connectivity index (χ4v) is 4.69. The Balaban J connectivity index is 1.85.